The van der Waals surface area contributed by atoms with Crippen molar-refractivity contribution in [1.82, 2.24) is 0 Å². The number of anilines is 1. The summed E-state index contributed by atoms with van der Waals surface area (Å²) >= 11 is 6.20. The van der Waals surface area contributed by atoms with Gasteiger partial charge in [-0.25, -0.2) is 8.42 Å². The molecule has 2 aliphatic heterocycles. The number of carbonyl (C=O) groups is 1. The van der Waals surface area contributed by atoms with Gasteiger partial charge >= 0.3 is 0 Å². The minimum atomic E-state index is -2.88. The van der Waals surface area contributed by atoms with Crippen LogP contribution < -0.4 is 4.90 Å². The number of rotatable bonds is 1. The van der Waals surface area contributed by atoms with Crippen molar-refractivity contribution in [2.75, 3.05) is 23.0 Å². The molecule has 2 fully saturated rings. The van der Waals surface area contributed by atoms with Crippen LogP contribution in [0.25, 0.3) is 0 Å². The quantitative estimate of drug-likeness (QED) is 0.789. The number of sulfone groups is 1. The highest BCUT2D eigenvalue weighted by Crippen LogP contribution is 2.60. The zero-order valence-corrected chi connectivity index (χ0v) is 13.8. The van der Waals surface area contributed by atoms with Gasteiger partial charge in [0.05, 0.1) is 11.5 Å². The predicted octanol–water partition coefficient (Wildman–Crippen LogP) is 2.44. The van der Waals surface area contributed by atoms with Crippen LogP contribution in [0.2, 0.25) is 5.02 Å². The summed E-state index contributed by atoms with van der Waals surface area (Å²) in [5.41, 5.74) is 1.94. The molecule has 1 aromatic rings. The fourth-order valence-corrected chi connectivity index (χ4v) is 5.91. The predicted molar refractivity (Wildman–Crippen MR) is 85.9 cm³/mol. The van der Waals surface area contributed by atoms with Crippen molar-refractivity contribution >= 4 is 33.0 Å². The highest BCUT2D eigenvalue weighted by atomic mass is 35.5. The molecule has 0 bridgehead atoms. The second kappa shape index (κ2) is 4.71. The van der Waals surface area contributed by atoms with E-state index in [0.29, 0.717) is 19.4 Å². The van der Waals surface area contributed by atoms with Crippen LogP contribution >= 0.6 is 11.6 Å². The summed E-state index contributed by atoms with van der Waals surface area (Å²) in [6.45, 7) is 0.683. The number of hydrogen-bond donors (Lipinski definition) is 0. The summed E-state index contributed by atoms with van der Waals surface area (Å²) in [6, 6.07) is 5.69. The molecule has 0 unspecified atom stereocenters. The lowest BCUT2D eigenvalue weighted by molar-refractivity contribution is -0.120. The summed E-state index contributed by atoms with van der Waals surface area (Å²) in [5, 5.41) is 0.724. The molecule has 1 saturated heterocycles. The number of fused-ring (bicyclic) bond motifs is 1. The van der Waals surface area contributed by atoms with E-state index in [4.69, 9.17) is 11.6 Å². The molecule has 0 radical (unpaired) electrons. The number of nitrogens with zero attached hydrogens (tertiary/aromatic N) is 1. The van der Waals surface area contributed by atoms with Crippen molar-refractivity contribution in [3.8, 4) is 0 Å². The number of halogens is 1. The van der Waals surface area contributed by atoms with Crippen LogP contribution in [0, 0.1) is 11.3 Å². The Labute approximate surface area is 135 Å². The summed E-state index contributed by atoms with van der Waals surface area (Å²) in [7, 11) is -2.88. The summed E-state index contributed by atoms with van der Waals surface area (Å²) in [6.07, 6.45) is 2.92. The third-order valence-corrected chi connectivity index (χ3v) is 7.55. The first-order valence-electron chi connectivity index (χ1n) is 7.71. The lowest BCUT2D eigenvalue weighted by Gasteiger charge is -2.24. The average molecular weight is 340 g/mol. The van der Waals surface area contributed by atoms with Crippen LogP contribution in [-0.4, -0.2) is 32.4 Å². The van der Waals surface area contributed by atoms with Gasteiger partial charge in [-0.15, -0.1) is 0 Å². The van der Waals surface area contributed by atoms with Gasteiger partial charge in [-0.05, 0) is 48.8 Å². The van der Waals surface area contributed by atoms with Crippen molar-refractivity contribution in [2.45, 2.75) is 25.7 Å². The maximum atomic E-state index is 12.8. The van der Waals surface area contributed by atoms with Crippen LogP contribution in [0.4, 0.5) is 5.69 Å². The molecule has 1 aliphatic carbocycles. The van der Waals surface area contributed by atoms with Crippen molar-refractivity contribution < 1.29 is 13.2 Å². The van der Waals surface area contributed by atoms with Crippen molar-refractivity contribution in [2.24, 2.45) is 11.3 Å². The Morgan fingerprint density at radius 3 is 2.73 bits per heavy atom. The summed E-state index contributed by atoms with van der Waals surface area (Å²) < 4.78 is 23.2. The number of carbonyl (C=O) groups excluding carboxylic acids is 1. The third-order valence-electron chi connectivity index (χ3n) is 5.55. The zero-order chi connectivity index (χ0) is 15.5. The minimum absolute atomic E-state index is 0.00654. The molecule has 118 valence electrons. The first kappa shape index (κ1) is 14.5. The smallest absolute Gasteiger partial charge is 0.230 e. The van der Waals surface area contributed by atoms with E-state index in [9.17, 15) is 13.2 Å². The van der Waals surface area contributed by atoms with E-state index in [1.54, 1.807) is 0 Å². The molecule has 0 N–H and O–H groups in total. The van der Waals surface area contributed by atoms with Gasteiger partial charge in [0.2, 0.25) is 5.91 Å². The lowest BCUT2D eigenvalue weighted by Crippen LogP contribution is -2.34. The normalized spacial score (nSPS) is 27.7. The van der Waals surface area contributed by atoms with Crippen LogP contribution in [-0.2, 0) is 21.1 Å². The maximum absolute atomic E-state index is 12.8. The topological polar surface area (TPSA) is 54.5 Å². The zero-order valence-electron chi connectivity index (χ0n) is 12.2. The fraction of sp³-hybridized carbons (Fsp3) is 0.562. The molecule has 6 heteroatoms. The Morgan fingerprint density at radius 1 is 1.27 bits per heavy atom. The second-order valence-corrected chi connectivity index (χ2v) is 9.46. The first-order chi connectivity index (χ1) is 10.4. The summed E-state index contributed by atoms with van der Waals surface area (Å²) in [4.78, 5) is 14.7. The highest BCUT2D eigenvalue weighted by Gasteiger charge is 2.60. The van der Waals surface area contributed by atoms with E-state index < -0.39 is 9.84 Å². The standard InChI is InChI=1S/C16H18ClNO3S/c17-13-2-1-3-14-11(13)4-7-18(14)15(19)12-10-16(12)5-8-22(20,21)9-6-16/h1-3,12H,4-10H2/t12-/m1/s1. The average Bonchev–Trinajstić information content (AvgIpc) is 3.01. The van der Waals surface area contributed by atoms with Gasteiger partial charge < -0.3 is 4.90 Å². The Morgan fingerprint density at radius 2 is 2.00 bits per heavy atom. The largest absolute Gasteiger partial charge is 0.312 e. The van der Waals surface area contributed by atoms with Crippen molar-refractivity contribution in [3.05, 3.63) is 28.8 Å². The van der Waals surface area contributed by atoms with Gasteiger partial charge in [-0.2, -0.15) is 0 Å². The van der Waals surface area contributed by atoms with Gasteiger partial charge in [0.15, 0.2) is 0 Å². The van der Waals surface area contributed by atoms with Gasteiger partial charge in [0.25, 0.3) is 0 Å². The molecule has 22 heavy (non-hydrogen) atoms. The van der Waals surface area contributed by atoms with Crippen molar-refractivity contribution in [3.63, 3.8) is 0 Å². The van der Waals surface area contributed by atoms with E-state index in [0.717, 1.165) is 29.1 Å². The fourth-order valence-electron chi connectivity index (χ4n) is 4.00. The molecule has 4 rings (SSSR count). The maximum Gasteiger partial charge on any atom is 0.230 e. The third kappa shape index (κ3) is 2.17. The van der Waals surface area contributed by atoms with Crippen LogP contribution in [0.15, 0.2) is 18.2 Å². The number of amides is 1. The summed E-state index contributed by atoms with van der Waals surface area (Å²) in [5.74, 6) is 0.617. The molecular weight excluding hydrogens is 322 g/mol. The van der Waals surface area contributed by atoms with Crippen LogP contribution in [0.3, 0.4) is 0 Å². The van der Waals surface area contributed by atoms with E-state index in [1.165, 1.54) is 0 Å². The van der Waals surface area contributed by atoms with E-state index in [-0.39, 0.29) is 28.7 Å². The molecule has 3 aliphatic rings. The Bertz CT molecular complexity index is 745. The van der Waals surface area contributed by atoms with Gasteiger partial charge in [0, 0.05) is 23.2 Å². The molecular formula is C16H18ClNO3S. The molecule has 1 saturated carbocycles. The first-order valence-corrected chi connectivity index (χ1v) is 9.91. The molecule has 1 aromatic carbocycles. The van der Waals surface area contributed by atoms with E-state index >= 15 is 0 Å². The lowest BCUT2D eigenvalue weighted by atomic mass is 9.96. The van der Waals surface area contributed by atoms with Crippen LogP contribution in [0.1, 0.15) is 24.8 Å². The Hall–Kier alpha value is -1.07. The molecule has 4 nitrogen and oxygen atoms in total. The second-order valence-electron chi connectivity index (χ2n) is 6.75. The highest BCUT2D eigenvalue weighted by molar-refractivity contribution is 7.91. The van der Waals surface area contributed by atoms with Crippen molar-refractivity contribution in [1.29, 1.82) is 0 Å². The molecule has 1 spiro atoms. The Balaban J connectivity index is 1.53. The molecule has 1 atom stereocenters. The Kier molecular flexibility index (Phi) is 3.11. The molecule has 2 heterocycles. The van der Waals surface area contributed by atoms with E-state index in [1.807, 2.05) is 23.1 Å². The number of hydrogen-bond acceptors (Lipinski definition) is 3. The van der Waals surface area contributed by atoms with Gasteiger partial charge in [-0.3, -0.25) is 4.79 Å². The van der Waals surface area contributed by atoms with E-state index in [2.05, 4.69) is 0 Å². The number of benzene rings is 1. The minimum Gasteiger partial charge on any atom is -0.312 e. The monoisotopic (exact) mass is 339 g/mol. The van der Waals surface area contributed by atoms with Gasteiger partial charge in [-0.1, -0.05) is 17.7 Å². The van der Waals surface area contributed by atoms with Gasteiger partial charge in [0.1, 0.15) is 9.84 Å². The SMILES string of the molecule is O=C([C@H]1CC12CCS(=O)(=O)CC2)N1CCc2c(Cl)cccc21. The van der Waals surface area contributed by atoms with Crippen LogP contribution in [0.5, 0.6) is 0 Å². The molecule has 0 aromatic heterocycles. The molecule has 1 amide bonds.